The molecular weight excluding hydrogens is 452 g/mol. The highest BCUT2D eigenvalue weighted by Gasteiger charge is 2.16. The molecule has 8 nitrogen and oxygen atoms in total. The third kappa shape index (κ3) is 5.50. The summed E-state index contributed by atoms with van der Waals surface area (Å²) in [7, 11) is 5.33. The summed E-state index contributed by atoms with van der Waals surface area (Å²) in [5, 5.41) is 4.28. The van der Waals surface area contributed by atoms with Crippen molar-refractivity contribution >= 4 is 22.4 Å². The highest BCUT2D eigenvalue weighted by atomic mass is 16.5. The van der Waals surface area contributed by atoms with Crippen molar-refractivity contribution in [2.24, 2.45) is 7.05 Å². The van der Waals surface area contributed by atoms with Gasteiger partial charge in [0.15, 0.2) is 0 Å². The van der Waals surface area contributed by atoms with E-state index in [4.69, 9.17) is 14.5 Å². The molecule has 2 aromatic heterocycles. The standard InChI is InChI=1S/C28H34N6O2/c1-32-19-22(17-30-32)28-18-29-26-8-7-23(16-27(26)31-28)34(12-6-11-33-9-4-5-10-33)24-13-21(20-35-2)14-25(15-24)36-3/h7-8,13-19H,4-6,9-12,20H2,1-3H3. The van der Waals surface area contributed by atoms with Crippen molar-refractivity contribution in [2.45, 2.75) is 25.9 Å². The third-order valence-corrected chi connectivity index (χ3v) is 6.70. The first-order valence-electron chi connectivity index (χ1n) is 12.6. The Labute approximate surface area is 212 Å². The van der Waals surface area contributed by atoms with Crippen LogP contribution in [0.25, 0.3) is 22.3 Å². The van der Waals surface area contributed by atoms with Crippen molar-refractivity contribution in [3.05, 3.63) is 60.6 Å². The second-order valence-corrected chi connectivity index (χ2v) is 9.36. The number of anilines is 2. The number of methoxy groups -OCH3 is 2. The van der Waals surface area contributed by atoms with Crippen LogP contribution in [0.1, 0.15) is 24.8 Å². The Morgan fingerprint density at radius 2 is 1.83 bits per heavy atom. The van der Waals surface area contributed by atoms with Crippen molar-refractivity contribution in [1.29, 1.82) is 0 Å². The second-order valence-electron chi connectivity index (χ2n) is 9.36. The fourth-order valence-corrected chi connectivity index (χ4v) is 4.89. The highest BCUT2D eigenvalue weighted by molar-refractivity contribution is 5.82. The van der Waals surface area contributed by atoms with Crippen LogP contribution in [0.4, 0.5) is 11.4 Å². The minimum absolute atomic E-state index is 0.531. The largest absolute Gasteiger partial charge is 0.497 e. The van der Waals surface area contributed by atoms with E-state index in [1.165, 1.54) is 25.9 Å². The Morgan fingerprint density at radius 1 is 0.972 bits per heavy atom. The average Bonchev–Trinajstić information content (AvgIpc) is 3.58. The van der Waals surface area contributed by atoms with Gasteiger partial charge in [-0.15, -0.1) is 0 Å². The van der Waals surface area contributed by atoms with E-state index < -0.39 is 0 Å². The van der Waals surface area contributed by atoms with E-state index in [2.05, 4.69) is 44.1 Å². The van der Waals surface area contributed by atoms with Gasteiger partial charge in [-0.25, -0.2) is 4.98 Å². The summed E-state index contributed by atoms with van der Waals surface area (Å²) in [5.74, 6) is 0.823. The van der Waals surface area contributed by atoms with E-state index >= 15 is 0 Å². The van der Waals surface area contributed by atoms with Crippen LogP contribution in [0.3, 0.4) is 0 Å². The number of likely N-dealkylation sites (tertiary alicyclic amines) is 1. The Kier molecular flexibility index (Phi) is 7.44. The van der Waals surface area contributed by atoms with E-state index in [1.54, 1.807) is 18.9 Å². The van der Waals surface area contributed by atoms with Crippen LogP contribution in [0, 0.1) is 0 Å². The first-order valence-corrected chi connectivity index (χ1v) is 12.6. The molecule has 0 aliphatic carbocycles. The number of nitrogens with zero attached hydrogens (tertiary/aromatic N) is 6. The van der Waals surface area contributed by atoms with Crippen LogP contribution in [-0.2, 0) is 18.4 Å². The molecule has 0 unspecified atom stereocenters. The van der Waals surface area contributed by atoms with Gasteiger partial charge < -0.3 is 19.3 Å². The van der Waals surface area contributed by atoms with E-state index in [9.17, 15) is 0 Å². The van der Waals surface area contributed by atoms with Crippen molar-refractivity contribution in [2.75, 3.05) is 45.3 Å². The van der Waals surface area contributed by atoms with Gasteiger partial charge in [0.25, 0.3) is 0 Å². The number of ether oxygens (including phenoxy) is 2. The van der Waals surface area contributed by atoms with Gasteiger partial charge >= 0.3 is 0 Å². The average molecular weight is 487 g/mol. The molecule has 4 aromatic rings. The van der Waals surface area contributed by atoms with E-state index in [0.717, 1.165) is 64.5 Å². The summed E-state index contributed by atoms with van der Waals surface area (Å²) in [5.41, 5.74) is 6.74. The molecule has 0 atom stereocenters. The minimum atomic E-state index is 0.531. The van der Waals surface area contributed by atoms with Crippen LogP contribution < -0.4 is 9.64 Å². The molecule has 0 amide bonds. The van der Waals surface area contributed by atoms with Crippen LogP contribution in [0.15, 0.2) is 55.0 Å². The zero-order chi connectivity index (χ0) is 24.9. The highest BCUT2D eigenvalue weighted by Crippen LogP contribution is 2.32. The van der Waals surface area contributed by atoms with Crippen LogP contribution in [-0.4, -0.2) is 65.0 Å². The summed E-state index contributed by atoms with van der Waals surface area (Å²) < 4.78 is 12.8. The molecular formula is C28H34N6O2. The molecule has 0 saturated carbocycles. The number of benzene rings is 2. The van der Waals surface area contributed by atoms with Crippen molar-refractivity contribution in [1.82, 2.24) is 24.6 Å². The van der Waals surface area contributed by atoms with E-state index in [1.807, 2.05) is 37.8 Å². The number of rotatable bonds is 10. The molecule has 8 heteroatoms. The number of fused-ring (bicyclic) bond motifs is 1. The fraction of sp³-hybridized carbons (Fsp3) is 0.393. The predicted octanol–water partition coefficient (Wildman–Crippen LogP) is 4.81. The first kappa shape index (κ1) is 24.2. The molecule has 0 N–H and O–H groups in total. The van der Waals surface area contributed by atoms with Crippen molar-refractivity contribution < 1.29 is 9.47 Å². The number of hydrogen-bond acceptors (Lipinski definition) is 7. The maximum absolute atomic E-state index is 5.63. The summed E-state index contributed by atoms with van der Waals surface area (Å²) in [6.45, 7) is 4.93. The van der Waals surface area contributed by atoms with E-state index in [0.29, 0.717) is 6.61 Å². The summed E-state index contributed by atoms with van der Waals surface area (Å²) in [6, 6.07) is 12.6. The summed E-state index contributed by atoms with van der Waals surface area (Å²) >= 11 is 0. The second kappa shape index (κ2) is 11.1. The van der Waals surface area contributed by atoms with Crippen LogP contribution >= 0.6 is 0 Å². The number of aromatic nitrogens is 4. The molecule has 0 bridgehead atoms. The van der Waals surface area contributed by atoms with Gasteiger partial charge in [-0.3, -0.25) is 9.67 Å². The van der Waals surface area contributed by atoms with Crippen LogP contribution in [0.2, 0.25) is 0 Å². The van der Waals surface area contributed by atoms with Crippen molar-refractivity contribution in [3.63, 3.8) is 0 Å². The Hall–Kier alpha value is -3.49. The maximum atomic E-state index is 5.63. The number of hydrogen-bond donors (Lipinski definition) is 0. The Morgan fingerprint density at radius 3 is 2.58 bits per heavy atom. The normalized spacial score (nSPS) is 14.0. The molecule has 2 aromatic carbocycles. The molecule has 1 aliphatic rings. The molecule has 36 heavy (non-hydrogen) atoms. The van der Waals surface area contributed by atoms with Gasteiger partial charge in [-0.05, 0) is 74.8 Å². The monoisotopic (exact) mass is 486 g/mol. The van der Waals surface area contributed by atoms with Gasteiger partial charge in [0.2, 0.25) is 0 Å². The van der Waals surface area contributed by atoms with Gasteiger partial charge in [0.05, 0.1) is 42.8 Å². The molecule has 3 heterocycles. The smallest absolute Gasteiger partial charge is 0.121 e. The molecule has 0 radical (unpaired) electrons. The molecule has 1 aliphatic heterocycles. The third-order valence-electron chi connectivity index (χ3n) is 6.70. The minimum Gasteiger partial charge on any atom is -0.497 e. The van der Waals surface area contributed by atoms with Crippen molar-refractivity contribution in [3.8, 4) is 17.0 Å². The fourth-order valence-electron chi connectivity index (χ4n) is 4.89. The maximum Gasteiger partial charge on any atom is 0.121 e. The lowest BCUT2D eigenvalue weighted by molar-refractivity contribution is 0.184. The molecule has 188 valence electrons. The molecule has 0 spiro atoms. The summed E-state index contributed by atoms with van der Waals surface area (Å²) in [4.78, 5) is 14.5. The topological polar surface area (TPSA) is 68.5 Å². The SMILES string of the molecule is COCc1cc(OC)cc(N(CCCN2CCCC2)c2ccc3ncc(-c4cnn(C)c4)nc3c2)c1. The Balaban J connectivity index is 1.50. The predicted molar refractivity (Wildman–Crippen MR) is 143 cm³/mol. The Bertz CT molecular complexity index is 1310. The lowest BCUT2D eigenvalue weighted by Crippen LogP contribution is -2.26. The zero-order valence-electron chi connectivity index (χ0n) is 21.4. The lowest BCUT2D eigenvalue weighted by atomic mass is 10.1. The first-order chi connectivity index (χ1) is 17.6. The molecule has 1 fully saturated rings. The summed E-state index contributed by atoms with van der Waals surface area (Å²) in [6.07, 6.45) is 9.27. The molecule has 1 saturated heterocycles. The molecule has 5 rings (SSSR count). The zero-order valence-corrected chi connectivity index (χ0v) is 21.4. The van der Waals surface area contributed by atoms with Gasteiger partial charge in [0, 0.05) is 49.9 Å². The van der Waals surface area contributed by atoms with Crippen LogP contribution in [0.5, 0.6) is 5.75 Å². The van der Waals surface area contributed by atoms with Gasteiger partial charge in [-0.2, -0.15) is 5.10 Å². The van der Waals surface area contributed by atoms with Gasteiger partial charge in [0.1, 0.15) is 5.75 Å². The van der Waals surface area contributed by atoms with Gasteiger partial charge in [-0.1, -0.05) is 0 Å². The van der Waals surface area contributed by atoms with E-state index in [-0.39, 0.29) is 0 Å². The lowest BCUT2D eigenvalue weighted by Gasteiger charge is -2.27. The number of aryl methyl sites for hydroxylation is 1. The quantitative estimate of drug-likeness (QED) is 0.319.